The third-order valence-electron chi connectivity index (χ3n) is 4.55. The number of nitrogens with zero attached hydrogens (tertiary/aromatic N) is 2. The molecule has 0 saturated carbocycles. The van der Waals surface area contributed by atoms with Crippen LogP contribution >= 0.6 is 23.2 Å². The highest BCUT2D eigenvalue weighted by molar-refractivity contribution is 6.42. The molecule has 0 N–H and O–H groups in total. The molecule has 26 heavy (non-hydrogen) atoms. The number of aliphatic imine (C=N–C) groups is 1. The molecule has 0 atom stereocenters. The third kappa shape index (κ3) is 4.28. The van der Waals surface area contributed by atoms with E-state index in [1.54, 1.807) is 6.07 Å². The number of rotatable bonds is 5. The molecule has 0 fully saturated rings. The quantitative estimate of drug-likeness (QED) is 0.656. The first-order valence-corrected chi connectivity index (χ1v) is 9.56. The van der Waals surface area contributed by atoms with E-state index in [9.17, 15) is 4.79 Å². The van der Waals surface area contributed by atoms with Crippen LogP contribution < -0.4 is 5.56 Å². The lowest BCUT2D eigenvalue weighted by atomic mass is 9.93. The summed E-state index contributed by atoms with van der Waals surface area (Å²) < 4.78 is 1.84. The molecule has 0 bridgehead atoms. The Kier molecular flexibility index (Phi) is 6.00. The molecule has 2 aromatic rings. The molecule has 136 valence electrons. The van der Waals surface area contributed by atoms with Gasteiger partial charge in [0.15, 0.2) is 0 Å². The summed E-state index contributed by atoms with van der Waals surface area (Å²) in [6.45, 7) is 7.15. The summed E-state index contributed by atoms with van der Waals surface area (Å²) in [5, 5.41) is 1.14. The van der Waals surface area contributed by atoms with Gasteiger partial charge in [-0.2, -0.15) is 0 Å². The summed E-state index contributed by atoms with van der Waals surface area (Å²) in [5.74, 6) is 0. The van der Waals surface area contributed by atoms with Crippen LogP contribution in [0.5, 0.6) is 0 Å². The molecule has 0 aliphatic heterocycles. The largest absolute Gasteiger partial charge is 0.308 e. The Hall–Kier alpha value is -1.84. The molecule has 1 aromatic carbocycles. The van der Waals surface area contributed by atoms with Gasteiger partial charge in [-0.05, 0) is 56.4 Å². The lowest BCUT2D eigenvalue weighted by Crippen LogP contribution is -2.28. The number of pyridine rings is 1. The molecule has 0 spiro atoms. The summed E-state index contributed by atoms with van der Waals surface area (Å²) in [5.41, 5.74) is 5.40. The zero-order valence-electron chi connectivity index (χ0n) is 14.9. The van der Waals surface area contributed by atoms with Crippen LogP contribution in [0.1, 0.15) is 36.6 Å². The van der Waals surface area contributed by atoms with Crippen LogP contribution in [0.25, 0.3) is 0 Å². The molecular weight excluding hydrogens is 367 g/mol. The van der Waals surface area contributed by atoms with E-state index in [4.69, 9.17) is 28.2 Å². The molecule has 5 heteroatoms. The second-order valence-corrected chi connectivity index (χ2v) is 7.57. The molecule has 0 radical (unpaired) electrons. The van der Waals surface area contributed by atoms with Crippen LogP contribution in [0.2, 0.25) is 10.0 Å². The van der Waals surface area contributed by atoms with Crippen LogP contribution in [-0.2, 0) is 19.4 Å². The monoisotopic (exact) mass is 388 g/mol. The Bertz CT molecular complexity index is 928. The van der Waals surface area contributed by atoms with E-state index in [0.717, 1.165) is 53.8 Å². The van der Waals surface area contributed by atoms with Crippen LogP contribution in [-0.4, -0.2) is 16.8 Å². The molecule has 0 unspecified atom stereocenters. The Balaban J connectivity index is 1.82. The van der Waals surface area contributed by atoms with Crippen molar-refractivity contribution in [3.63, 3.8) is 0 Å². The summed E-state index contributed by atoms with van der Waals surface area (Å²) >= 11 is 12.0. The first-order valence-electron chi connectivity index (χ1n) is 8.80. The first kappa shape index (κ1) is 18.9. The molecule has 3 nitrogen and oxygen atoms in total. The molecule has 3 rings (SSSR count). The highest BCUT2D eigenvalue weighted by Crippen LogP contribution is 2.24. The van der Waals surface area contributed by atoms with Gasteiger partial charge in [0.1, 0.15) is 0 Å². The number of hydrogen-bond acceptors (Lipinski definition) is 2. The zero-order valence-corrected chi connectivity index (χ0v) is 16.4. The Labute approximate surface area is 164 Å². The van der Waals surface area contributed by atoms with Crippen molar-refractivity contribution in [1.82, 2.24) is 4.57 Å². The Morgan fingerprint density at radius 2 is 2.00 bits per heavy atom. The maximum atomic E-state index is 12.3. The number of fused-ring (bicyclic) bond motifs is 1. The minimum absolute atomic E-state index is 0.0313. The second kappa shape index (κ2) is 8.24. The van der Waals surface area contributed by atoms with Gasteiger partial charge >= 0.3 is 0 Å². The smallest absolute Gasteiger partial charge is 0.251 e. The van der Waals surface area contributed by atoms with Crippen molar-refractivity contribution in [3.8, 4) is 0 Å². The van der Waals surface area contributed by atoms with Gasteiger partial charge in [-0.3, -0.25) is 9.79 Å². The van der Waals surface area contributed by atoms with Crippen molar-refractivity contribution >= 4 is 28.9 Å². The fraction of sp³-hybridized carbons (Fsp3) is 0.333. The molecule has 1 aliphatic carbocycles. The lowest BCUT2D eigenvalue weighted by Gasteiger charge is -2.22. The predicted molar refractivity (Wildman–Crippen MR) is 110 cm³/mol. The fourth-order valence-electron chi connectivity index (χ4n) is 3.33. The van der Waals surface area contributed by atoms with Gasteiger partial charge in [-0.15, -0.1) is 0 Å². The summed E-state index contributed by atoms with van der Waals surface area (Å²) in [7, 11) is 0. The van der Waals surface area contributed by atoms with Crippen molar-refractivity contribution < 1.29 is 0 Å². The topological polar surface area (TPSA) is 34.4 Å². The molecule has 0 amide bonds. The fourth-order valence-corrected chi connectivity index (χ4v) is 3.65. The summed E-state index contributed by atoms with van der Waals surface area (Å²) in [6.07, 6.45) is 3.67. The van der Waals surface area contributed by atoms with Crippen molar-refractivity contribution in [2.45, 2.75) is 39.2 Å². The Morgan fingerprint density at radius 1 is 1.19 bits per heavy atom. The number of halogens is 2. The molecule has 0 saturated heterocycles. The van der Waals surface area contributed by atoms with Crippen molar-refractivity contribution in [2.75, 3.05) is 6.54 Å². The maximum absolute atomic E-state index is 12.3. The van der Waals surface area contributed by atoms with E-state index in [2.05, 4.69) is 6.58 Å². The zero-order chi connectivity index (χ0) is 18.7. The van der Waals surface area contributed by atoms with Crippen molar-refractivity contribution in [2.24, 2.45) is 4.99 Å². The minimum atomic E-state index is 0.0313. The Morgan fingerprint density at radius 3 is 2.73 bits per heavy atom. The maximum Gasteiger partial charge on any atom is 0.251 e. The van der Waals surface area contributed by atoms with Gasteiger partial charge < -0.3 is 4.57 Å². The summed E-state index contributed by atoms with van der Waals surface area (Å²) in [6, 6.07) is 9.25. The SMILES string of the molecule is C=C(C)Cn1c2c(ccc1=O)C(=NCCc1ccc(Cl)c(Cl)c1)CCC2. The van der Waals surface area contributed by atoms with E-state index in [-0.39, 0.29) is 5.56 Å². The van der Waals surface area contributed by atoms with E-state index in [1.165, 1.54) is 0 Å². The normalized spacial score (nSPS) is 15.1. The number of benzene rings is 1. The lowest BCUT2D eigenvalue weighted by molar-refractivity contribution is 0.660. The van der Waals surface area contributed by atoms with Gasteiger partial charge in [0.25, 0.3) is 5.56 Å². The highest BCUT2D eigenvalue weighted by Gasteiger charge is 2.19. The average molecular weight is 389 g/mol. The first-order chi connectivity index (χ1) is 12.5. The molecule has 1 aliphatic rings. The minimum Gasteiger partial charge on any atom is -0.308 e. The van der Waals surface area contributed by atoms with E-state index in [0.29, 0.717) is 23.1 Å². The van der Waals surface area contributed by atoms with Crippen molar-refractivity contribution in [1.29, 1.82) is 0 Å². The van der Waals surface area contributed by atoms with Gasteiger partial charge in [0.2, 0.25) is 0 Å². The second-order valence-electron chi connectivity index (χ2n) is 6.76. The van der Waals surface area contributed by atoms with Crippen molar-refractivity contribution in [3.05, 3.63) is 79.7 Å². The van der Waals surface area contributed by atoms with Crippen LogP contribution in [0.15, 0.2) is 52.3 Å². The standard InChI is InChI=1S/C21H22Cl2N2O/c1-14(2)13-25-20-5-3-4-19(16(20)7-9-21(25)26)24-11-10-15-6-8-17(22)18(23)12-15/h6-9,12H,1,3-5,10-11,13H2,2H3. The molecule has 1 heterocycles. The van der Waals surface area contributed by atoms with Gasteiger partial charge in [0.05, 0.1) is 10.0 Å². The van der Waals surface area contributed by atoms with Crippen LogP contribution in [0.4, 0.5) is 0 Å². The summed E-state index contributed by atoms with van der Waals surface area (Å²) in [4.78, 5) is 17.1. The van der Waals surface area contributed by atoms with Crippen LogP contribution in [0, 0.1) is 0 Å². The van der Waals surface area contributed by atoms with Crippen LogP contribution in [0.3, 0.4) is 0 Å². The third-order valence-corrected chi connectivity index (χ3v) is 5.29. The average Bonchev–Trinajstić information content (AvgIpc) is 2.60. The molecule has 1 aromatic heterocycles. The predicted octanol–water partition coefficient (Wildman–Crippen LogP) is 5.10. The van der Waals surface area contributed by atoms with E-state index >= 15 is 0 Å². The molecular formula is C21H22Cl2N2O. The number of hydrogen-bond donors (Lipinski definition) is 0. The highest BCUT2D eigenvalue weighted by atomic mass is 35.5. The van der Waals surface area contributed by atoms with Gasteiger partial charge in [-0.25, -0.2) is 0 Å². The van der Waals surface area contributed by atoms with Gasteiger partial charge in [0, 0.05) is 36.1 Å². The van der Waals surface area contributed by atoms with E-state index in [1.807, 2.05) is 35.8 Å². The van der Waals surface area contributed by atoms with E-state index < -0.39 is 0 Å². The number of aromatic nitrogens is 1. The number of allylic oxidation sites excluding steroid dienone is 1. The van der Waals surface area contributed by atoms with Gasteiger partial charge in [-0.1, -0.05) is 41.4 Å².